The smallest absolute Gasteiger partial charge is 0.325 e. The zero-order valence-electron chi connectivity index (χ0n) is 40.7. The summed E-state index contributed by atoms with van der Waals surface area (Å²) in [4.78, 5) is 135. The highest BCUT2D eigenvalue weighted by molar-refractivity contribution is 5.98. The summed E-state index contributed by atoms with van der Waals surface area (Å²) in [5, 5.41) is 38.8. The normalized spacial score (nSPS) is 16.4. The maximum absolute atomic E-state index is 14.2. The molecule has 10 amide bonds. The molecule has 0 bridgehead atoms. The highest BCUT2D eigenvalue weighted by atomic mass is 16.4. The number of aromatic hydroxyl groups is 1. The zero-order chi connectivity index (χ0) is 53.4. The van der Waals surface area contributed by atoms with Crippen LogP contribution in [0.5, 0.6) is 5.75 Å². The molecule has 0 aliphatic carbocycles. The van der Waals surface area contributed by atoms with E-state index in [2.05, 4.69) is 47.5 Å². The summed E-state index contributed by atoms with van der Waals surface area (Å²) in [7, 11) is 0. The van der Waals surface area contributed by atoms with Gasteiger partial charge in [0.2, 0.25) is 47.3 Å². The van der Waals surface area contributed by atoms with Crippen molar-refractivity contribution in [1.82, 2.24) is 47.4 Å². The van der Waals surface area contributed by atoms with Crippen LogP contribution in [0.4, 0.5) is 4.79 Å². The number of guanidine groups is 1. The van der Waals surface area contributed by atoms with Crippen LogP contribution >= 0.6 is 0 Å². The van der Waals surface area contributed by atoms with E-state index in [4.69, 9.17) is 33.8 Å². The molecule has 0 spiro atoms. The number of carboxylic acid groups (broad SMARTS) is 1. The number of carbonyl (C=O) groups is 10. The fraction of sp³-hybridized carbons (Fsp3) is 0.614. The standard InChI is InChI=1S/C44H73N15O12/c1-23(34(61)55-26(4)42(69)70)52-38(65)30(10-5-6-18-45)56-35(62)25(3)54-40(67)33-13-9-21-59(33)41(68)32(12-8-20-51-44(49)71)58-36(63)24(2)53-39(66)31(11-7-19-50-43(47)48)57-37(64)29(46)22-27-14-16-28(60)17-15-27/h14-17,23-26,29-33,60H,5-13,18-22,45-46H2,1-4H3,(H,52,65)(H,53,66)(H,54,67)(H,55,61)(H,56,62)(H,57,64)(H,58,63)(H,69,70)(H4,47,48,50)(H3,49,51,71)/t23-,24-,25-,26-,29-,30-,31-,32-,33-/m0/s1. The van der Waals surface area contributed by atoms with E-state index in [1.165, 1.54) is 44.7 Å². The molecule has 1 aromatic carbocycles. The van der Waals surface area contributed by atoms with Gasteiger partial charge < -0.3 is 86.3 Å². The van der Waals surface area contributed by atoms with Crippen LogP contribution in [0.2, 0.25) is 0 Å². The summed E-state index contributed by atoms with van der Waals surface area (Å²) in [5.41, 5.74) is 28.5. The van der Waals surface area contributed by atoms with Gasteiger partial charge in [-0.2, -0.15) is 0 Å². The maximum Gasteiger partial charge on any atom is 0.325 e. The van der Waals surface area contributed by atoms with Crippen molar-refractivity contribution < 1.29 is 58.2 Å². The molecule has 20 N–H and O–H groups in total. The molecule has 71 heavy (non-hydrogen) atoms. The Morgan fingerprint density at radius 2 is 1.17 bits per heavy atom. The summed E-state index contributed by atoms with van der Waals surface area (Å²) < 4.78 is 0. The van der Waals surface area contributed by atoms with Crippen LogP contribution in [-0.4, -0.2) is 161 Å². The molecule has 1 heterocycles. The summed E-state index contributed by atoms with van der Waals surface area (Å²) >= 11 is 0. The topological polar surface area (TPSA) is 453 Å². The Balaban J connectivity index is 2.21. The Morgan fingerprint density at radius 1 is 0.662 bits per heavy atom. The second-order valence-electron chi connectivity index (χ2n) is 17.3. The van der Waals surface area contributed by atoms with Crippen molar-refractivity contribution in [2.75, 3.05) is 26.2 Å². The number of unbranched alkanes of at least 4 members (excludes halogenated alkanes) is 1. The first-order valence-corrected chi connectivity index (χ1v) is 23.4. The zero-order valence-corrected chi connectivity index (χ0v) is 40.7. The Labute approximate surface area is 411 Å². The Kier molecular flexibility index (Phi) is 25.6. The van der Waals surface area contributed by atoms with Crippen molar-refractivity contribution in [3.05, 3.63) is 29.8 Å². The number of rotatable bonds is 30. The SMILES string of the molecule is C[C@H](NC(=O)[C@H](C)NC(=O)[C@H](CCCCN)NC(=O)[C@H](C)NC(=O)[C@@H]1CCCN1C(=O)[C@H](CCCNC(N)=O)NC(=O)[C@H](C)NC(=O)[C@H](CCCN=C(N)N)NC(=O)[C@@H](N)Cc1ccc(O)cc1)C(=O)O. The molecule has 1 aliphatic heterocycles. The number of aliphatic imine (C=N–C) groups is 1. The number of phenolic OH excluding ortho intramolecular Hbond substituents is 1. The van der Waals surface area contributed by atoms with Gasteiger partial charge >= 0.3 is 12.0 Å². The van der Waals surface area contributed by atoms with Crippen molar-refractivity contribution in [3.63, 3.8) is 0 Å². The van der Waals surface area contributed by atoms with Crippen LogP contribution in [0.3, 0.4) is 0 Å². The number of nitrogens with zero attached hydrogens (tertiary/aromatic N) is 2. The third-order valence-electron chi connectivity index (χ3n) is 11.3. The molecule has 0 aromatic heterocycles. The Bertz CT molecular complexity index is 2040. The van der Waals surface area contributed by atoms with Gasteiger partial charge in [-0.25, -0.2) is 4.79 Å². The van der Waals surface area contributed by atoms with Crippen LogP contribution in [-0.2, 0) is 49.6 Å². The number of hydrogen-bond acceptors (Lipinski definition) is 14. The van der Waals surface area contributed by atoms with Gasteiger partial charge in [-0.15, -0.1) is 0 Å². The Hall–Kier alpha value is -7.29. The summed E-state index contributed by atoms with van der Waals surface area (Å²) in [5.74, 6) is -7.36. The fourth-order valence-electron chi connectivity index (χ4n) is 7.20. The number of nitrogens with one attached hydrogen (secondary N) is 8. The second kappa shape index (κ2) is 30.3. The number of urea groups is 1. The molecule has 2 rings (SSSR count). The third-order valence-corrected chi connectivity index (χ3v) is 11.3. The van der Waals surface area contributed by atoms with Crippen LogP contribution in [0.15, 0.2) is 29.3 Å². The molecule has 396 valence electrons. The van der Waals surface area contributed by atoms with Gasteiger partial charge in [-0.3, -0.25) is 48.1 Å². The predicted octanol–water partition coefficient (Wildman–Crippen LogP) is -4.56. The van der Waals surface area contributed by atoms with Crippen molar-refractivity contribution in [3.8, 4) is 5.75 Å². The van der Waals surface area contributed by atoms with E-state index in [9.17, 15) is 53.1 Å². The van der Waals surface area contributed by atoms with Crippen molar-refractivity contribution in [2.24, 2.45) is 33.7 Å². The molecular weight excluding hydrogens is 931 g/mol. The van der Waals surface area contributed by atoms with Crippen molar-refractivity contribution in [2.45, 2.75) is 146 Å². The summed E-state index contributed by atoms with van der Waals surface area (Å²) in [6.07, 6.45) is 2.01. The lowest BCUT2D eigenvalue weighted by Crippen LogP contribution is -2.59. The van der Waals surface area contributed by atoms with E-state index in [0.29, 0.717) is 31.4 Å². The van der Waals surface area contributed by atoms with Crippen LogP contribution in [0, 0.1) is 0 Å². The van der Waals surface area contributed by atoms with Gasteiger partial charge in [-0.1, -0.05) is 12.1 Å². The minimum absolute atomic E-state index is 0.0230. The first-order valence-electron chi connectivity index (χ1n) is 23.4. The molecule has 27 heteroatoms. The number of carbonyl (C=O) groups excluding carboxylic acids is 9. The fourth-order valence-corrected chi connectivity index (χ4v) is 7.20. The summed E-state index contributed by atoms with van der Waals surface area (Å²) in [6.45, 7) is 5.83. The number of phenols is 1. The van der Waals surface area contributed by atoms with Crippen LogP contribution < -0.4 is 71.2 Å². The molecule has 0 saturated carbocycles. The van der Waals surface area contributed by atoms with Crippen LogP contribution in [0.1, 0.15) is 91.0 Å². The number of benzene rings is 1. The average molecular weight is 1000 g/mol. The number of primary amides is 1. The number of likely N-dealkylation sites (tertiary alicyclic amines) is 1. The first-order chi connectivity index (χ1) is 33.4. The van der Waals surface area contributed by atoms with Crippen molar-refractivity contribution >= 4 is 65.2 Å². The number of aliphatic carboxylic acids is 1. The second-order valence-corrected chi connectivity index (χ2v) is 17.3. The Morgan fingerprint density at radius 3 is 1.72 bits per heavy atom. The lowest BCUT2D eigenvalue weighted by Gasteiger charge is -2.30. The molecule has 27 nitrogen and oxygen atoms in total. The lowest BCUT2D eigenvalue weighted by atomic mass is 10.0. The molecule has 1 aliphatic rings. The minimum Gasteiger partial charge on any atom is -0.508 e. The largest absolute Gasteiger partial charge is 0.508 e. The number of nitrogens with two attached hydrogens (primary N) is 5. The lowest BCUT2D eigenvalue weighted by molar-refractivity contribution is -0.142. The van der Waals surface area contributed by atoms with E-state index in [0.717, 1.165) is 0 Å². The van der Waals surface area contributed by atoms with E-state index in [-0.39, 0.29) is 76.3 Å². The van der Waals surface area contributed by atoms with Gasteiger partial charge in [0.1, 0.15) is 54.1 Å². The molecule has 9 atom stereocenters. The number of hydrogen-bond donors (Lipinski definition) is 15. The van der Waals surface area contributed by atoms with Gasteiger partial charge in [0.15, 0.2) is 5.96 Å². The number of amides is 10. The highest BCUT2D eigenvalue weighted by Gasteiger charge is 2.39. The van der Waals surface area contributed by atoms with Gasteiger partial charge in [0.25, 0.3) is 0 Å². The molecule has 1 fully saturated rings. The van der Waals surface area contributed by atoms with E-state index in [1.807, 2.05) is 0 Å². The first kappa shape index (κ1) is 59.8. The minimum atomic E-state index is -1.29. The molecule has 1 saturated heterocycles. The predicted molar refractivity (Wildman–Crippen MR) is 258 cm³/mol. The molecule has 0 unspecified atom stereocenters. The van der Waals surface area contributed by atoms with Crippen LogP contribution in [0.25, 0.3) is 0 Å². The highest BCUT2D eigenvalue weighted by Crippen LogP contribution is 2.20. The van der Waals surface area contributed by atoms with Crippen molar-refractivity contribution in [1.29, 1.82) is 0 Å². The molecule has 1 aromatic rings. The maximum atomic E-state index is 14.2. The van der Waals surface area contributed by atoms with E-state index < -0.39 is 114 Å². The quantitative estimate of drug-likeness (QED) is 0.0196. The monoisotopic (exact) mass is 1000 g/mol. The van der Waals surface area contributed by atoms with Gasteiger partial charge in [0.05, 0.1) is 6.04 Å². The van der Waals surface area contributed by atoms with E-state index >= 15 is 0 Å². The van der Waals surface area contributed by atoms with Gasteiger partial charge in [-0.05, 0) is 116 Å². The third kappa shape index (κ3) is 21.5. The van der Waals surface area contributed by atoms with Gasteiger partial charge in [0, 0.05) is 19.6 Å². The van der Waals surface area contributed by atoms with E-state index in [1.54, 1.807) is 12.1 Å². The average Bonchev–Trinajstić information content (AvgIpc) is 3.81. The summed E-state index contributed by atoms with van der Waals surface area (Å²) in [6, 6.07) is -5.56. The molecular formula is C44H73N15O12. The molecule has 0 radical (unpaired) electrons. The number of carboxylic acids is 1.